The molecule has 1 unspecified atom stereocenters. The van der Waals surface area contributed by atoms with Crippen molar-refractivity contribution >= 4 is 15.9 Å². The second-order valence-electron chi connectivity index (χ2n) is 6.19. The number of carbonyl (C=O) groups is 1. The lowest BCUT2D eigenvalue weighted by atomic mass is 10.0. The Hall–Kier alpha value is -2.19. The van der Waals surface area contributed by atoms with Crippen LogP contribution in [0.3, 0.4) is 0 Å². The maximum absolute atomic E-state index is 12.5. The summed E-state index contributed by atoms with van der Waals surface area (Å²) in [5.41, 5.74) is 0.822. The normalized spacial score (nSPS) is 18.5. The molecule has 0 saturated carbocycles. The minimum absolute atomic E-state index is 0.204. The van der Waals surface area contributed by atoms with Gasteiger partial charge in [-0.05, 0) is 36.6 Å². The molecule has 1 aliphatic heterocycles. The van der Waals surface area contributed by atoms with E-state index < -0.39 is 10.0 Å². The molecule has 0 aromatic carbocycles. The van der Waals surface area contributed by atoms with Crippen molar-refractivity contribution in [2.45, 2.75) is 25.4 Å². The van der Waals surface area contributed by atoms with Gasteiger partial charge in [0.05, 0.1) is 12.5 Å². The third-order valence-electron chi connectivity index (χ3n) is 4.31. The summed E-state index contributed by atoms with van der Waals surface area (Å²) in [5, 5.41) is 0. The highest BCUT2D eigenvalue weighted by molar-refractivity contribution is 7.88. The fourth-order valence-electron chi connectivity index (χ4n) is 3.12. The van der Waals surface area contributed by atoms with Crippen molar-refractivity contribution in [2.75, 3.05) is 19.3 Å². The maximum atomic E-state index is 12.5. The van der Waals surface area contributed by atoms with Gasteiger partial charge in [0.15, 0.2) is 5.76 Å². The van der Waals surface area contributed by atoms with Gasteiger partial charge in [-0.15, -0.1) is 0 Å². The van der Waals surface area contributed by atoms with Crippen LogP contribution in [0, 0.1) is 0 Å². The van der Waals surface area contributed by atoms with E-state index in [1.807, 2.05) is 6.07 Å². The van der Waals surface area contributed by atoms with E-state index in [-0.39, 0.29) is 24.3 Å². The second kappa shape index (κ2) is 7.37. The first-order chi connectivity index (χ1) is 11.9. The summed E-state index contributed by atoms with van der Waals surface area (Å²) in [6.45, 7) is 1.20. The highest BCUT2D eigenvalue weighted by Crippen LogP contribution is 2.22. The summed E-state index contributed by atoms with van der Waals surface area (Å²) >= 11 is 0. The molecule has 3 heterocycles. The Labute approximate surface area is 147 Å². The minimum Gasteiger partial charge on any atom is -0.459 e. The Morgan fingerprint density at radius 3 is 2.88 bits per heavy atom. The Morgan fingerprint density at radius 1 is 1.40 bits per heavy atom. The lowest BCUT2D eigenvalue weighted by Gasteiger charge is -2.37. The van der Waals surface area contributed by atoms with Gasteiger partial charge in [-0.2, -0.15) is 4.31 Å². The predicted molar refractivity (Wildman–Crippen MR) is 92.3 cm³/mol. The van der Waals surface area contributed by atoms with Crippen LogP contribution < -0.4 is 0 Å². The molecule has 2 aromatic rings. The number of sulfonamides is 1. The molecule has 0 radical (unpaired) electrons. The van der Waals surface area contributed by atoms with Crippen LogP contribution in [0.5, 0.6) is 0 Å². The number of rotatable bonds is 5. The van der Waals surface area contributed by atoms with Gasteiger partial charge in [-0.3, -0.25) is 9.78 Å². The van der Waals surface area contributed by atoms with Crippen molar-refractivity contribution in [3.63, 3.8) is 0 Å². The molecule has 1 saturated heterocycles. The highest BCUT2D eigenvalue weighted by Gasteiger charge is 2.33. The number of amides is 1. The summed E-state index contributed by atoms with van der Waals surface area (Å²) in [6.07, 6.45) is 7.44. The second-order valence-corrected chi connectivity index (χ2v) is 8.13. The van der Waals surface area contributed by atoms with Gasteiger partial charge >= 0.3 is 0 Å². The van der Waals surface area contributed by atoms with E-state index in [1.54, 1.807) is 35.5 Å². The minimum atomic E-state index is -3.42. The van der Waals surface area contributed by atoms with Crippen LogP contribution in [-0.4, -0.2) is 53.9 Å². The third-order valence-corrected chi connectivity index (χ3v) is 5.59. The number of furan rings is 1. The lowest BCUT2D eigenvalue weighted by Crippen LogP contribution is -2.51. The molecule has 7 nitrogen and oxygen atoms in total. The van der Waals surface area contributed by atoms with Crippen LogP contribution in [-0.2, 0) is 16.6 Å². The molecular formula is C17H21N3O4S. The molecule has 0 N–H and O–H groups in total. The van der Waals surface area contributed by atoms with Gasteiger partial charge in [0.2, 0.25) is 10.0 Å². The smallest absolute Gasteiger partial charge is 0.289 e. The number of hydrogen-bond donors (Lipinski definition) is 0. The zero-order valence-corrected chi connectivity index (χ0v) is 14.9. The van der Waals surface area contributed by atoms with E-state index in [0.29, 0.717) is 13.1 Å². The number of nitrogens with zero attached hydrogens (tertiary/aromatic N) is 3. The molecule has 25 heavy (non-hydrogen) atoms. The number of piperidine rings is 1. The summed E-state index contributed by atoms with van der Waals surface area (Å²) in [6, 6.07) is 6.65. The number of carbonyl (C=O) groups excluding carboxylic acids is 1. The first-order valence-electron chi connectivity index (χ1n) is 8.13. The van der Waals surface area contributed by atoms with Crippen LogP contribution in [0.2, 0.25) is 0 Å². The molecular weight excluding hydrogens is 342 g/mol. The average Bonchev–Trinajstić information content (AvgIpc) is 3.14. The fraction of sp³-hybridized carbons (Fsp3) is 0.412. The van der Waals surface area contributed by atoms with E-state index in [2.05, 4.69) is 4.98 Å². The Balaban J connectivity index is 1.77. The average molecular weight is 363 g/mol. The first-order valence-corrected chi connectivity index (χ1v) is 9.98. The van der Waals surface area contributed by atoms with E-state index in [4.69, 9.17) is 4.42 Å². The third kappa shape index (κ3) is 4.26. The lowest BCUT2D eigenvalue weighted by molar-refractivity contribution is 0.0619. The molecule has 2 aromatic heterocycles. The summed E-state index contributed by atoms with van der Waals surface area (Å²) in [5.74, 6) is 0.0725. The van der Waals surface area contributed by atoms with Gasteiger partial charge in [0, 0.05) is 38.1 Å². The van der Waals surface area contributed by atoms with Gasteiger partial charge in [0.1, 0.15) is 0 Å². The maximum Gasteiger partial charge on any atom is 0.289 e. The van der Waals surface area contributed by atoms with Crippen molar-refractivity contribution in [1.82, 2.24) is 14.2 Å². The molecule has 1 aliphatic rings. The fourth-order valence-corrected chi connectivity index (χ4v) is 4.22. The van der Waals surface area contributed by atoms with Crippen LogP contribution >= 0.6 is 0 Å². The van der Waals surface area contributed by atoms with Crippen molar-refractivity contribution < 1.29 is 17.6 Å². The highest BCUT2D eigenvalue weighted by atomic mass is 32.2. The van der Waals surface area contributed by atoms with Crippen LogP contribution in [0.1, 0.15) is 29.0 Å². The number of aromatic nitrogens is 1. The Kier molecular flexibility index (Phi) is 5.19. The number of pyridine rings is 1. The molecule has 0 spiro atoms. The van der Waals surface area contributed by atoms with Crippen molar-refractivity contribution in [2.24, 2.45) is 0 Å². The molecule has 1 amide bonds. The molecule has 1 fully saturated rings. The van der Waals surface area contributed by atoms with E-state index in [1.165, 1.54) is 16.8 Å². The zero-order valence-electron chi connectivity index (χ0n) is 14.0. The molecule has 8 heteroatoms. The Morgan fingerprint density at radius 2 is 2.24 bits per heavy atom. The topological polar surface area (TPSA) is 83.7 Å². The van der Waals surface area contributed by atoms with Crippen LogP contribution in [0.4, 0.5) is 0 Å². The van der Waals surface area contributed by atoms with Gasteiger partial charge in [-0.1, -0.05) is 6.07 Å². The van der Waals surface area contributed by atoms with E-state index in [9.17, 15) is 13.2 Å². The van der Waals surface area contributed by atoms with Gasteiger partial charge in [-0.25, -0.2) is 8.42 Å². The van der Waals surface area contributed by atoms with Crippen LogP contribution in [0.25, 0.3) is 0 Å². The summed E-state index contributed by atoms with van der Waals surface area (Å²) in [7, 11) is -3.42. The number of hydrogen-bond acceptors (Lipinski definition) is 5. The molecule has 134 valence electrons. The quantitative estimate of drug-likeness (QED) is 0.808. The molecule has 0 bridgehead atoms. The van der Waals surface area contributed by atoms with Crippen LogP contribution in [0.15, 0.2) is 47.3 Å². The summed E-state index contributed by atoms with van der Waals surface area (Å²) in [4.78, 5) is 18.2. The van der Waals surface area contributed by atoms with Gasteiger partial charge in [0.25, 0.3) is 5.91 Å². The SMILES string of the molecule is CS(=O)(=O)N(Cc1cccnc1)C1CCCN(C(=O)c2ccco2)C1. The monoisotopic (exact) mass is 363 g/mol. The van der Waals surface area contributed by atoms with Crippen molar-refractivity contribution in [3.8, 4) is 0 Å². The van der Waals surface area contributed by atoms with E-state index in [0.717, 1.165) is 18.4 Å². The van der Waals surface area contributed by atoms with Gasteiger partial charge < -0.3 is 9.32 Å². The zero-order chi connectivity index (χ0) is 17.9. The molecule has 1 atom stereocenters. The number of likely N-dealkylation sites (tertiary alicyclic amines) is 1. The molecule has 3 rings (SSSR count). The standard InChI is InChI=1S/C17H21N3O4S/c1-25(22,23)20(12-14-5-2-8-18-11-14)15-6-3-9-19(13-15)17(21)16-7-4-10-24-16/h2,4-5,7-8,10-11,15H,3,6,9,12-13H2,1H3. The first kappa shape index (κ1) is 17.6. The predicted octanol–water partition coefficient (Wildman–Crippen LogP) is 1.74. The van der Waals surface area contributed by atoms with Crippen molar-refractivity contribution in [3.05, 3.63) is 54.2 Å². The largest absolute Gasteiger partial charge is 0.459 e. The van der Waals surface area contributed by atoms with E-state index >= 15 is 0 Å². The Bertz CT molecular complexity index is 806. The van der Waals surface area contributed by atoms with Crippen molar-refractivity contribution in [1.29, 1.82) is 0 Å². The summed E-state index contributed by atoms with van der Waals surface area (Å²) < 4.78 is 31.3. The molecule has 0 aliphatic carbocycles.